The van der Waals surface area contributed by atoms with E-state index in [1.807, 2.05) is 68.4 Å². The second-order valence-corrected chi connectivity index (χ2v) is 17.0. The van der Waals surface area contributed by atoms with E-state index in [0.717, 1.165) is 22.3 Å². The smallest absolute Gasteiger partial charge is 0.182 e. The van der Waals surface area contributed by atoms with E-state index in [-0.39, 0.29) is 34.8 Å². The van der Waals surface area contributed by atoms with Gasteiger partial charge < -0.3 is 0 Å². The summed E-state index contributed by atoms with van der Waals surface area (Å²) in [5.74, 6) is -2.39. The van der Waals surface area contributed by atoms with E-state index in [0.29, 0.717) is 5.02 Å². The minimum Gasteiger partial charge on any atom is -0.299 e. The van der Waals surface area contributed by atoms with E-state index in [9.17, 15) is 21.6 Å². The monoisotopic (exact) mass is 646 g/mol. The molecule has 2 saturated carbocycles. The average Bonchev–Trinajstić information content (AvgIpc) is 3.01. The molecular weight excluding hydrogens is 612 g/mol. The molecule has 2 aliphatic rings. The van der Waals surface area contributed by atoms with Gasteiger partial charge in [0.25, 0.3) is 0 Å². The van der Waals surface area contributed by atoms with Gasteiger partial charge >= 0.3 is 0 Å². The highest BCUT2D eigenvalue weighted by Crippen LogP contribution is 2.54. The Morgan fingerprint density at radius 3 is 1.73 bits per heavy atom. The van der Waals surface area contributed by atoms with Crippen LogP contribution in [0, 0.1) is 25.7 Å². The van der Waals surface area contributed by atoms with Crippen molar-refractivity contribution in [3.63, 3.8) is 0 Å². The normalized spacial score (nSPS) is 25.8. The molecule has 0 saturated heterocycles. The highest BCUT2D eigenvalue weighted by atomic mass is 35.5. The zero-order chi connectivity index (χ0) is 31.2. The molecule has 0 aliphatic heterocycles. The molecule has 228 valence electrons. The Labute approximate surface area is 265 Å². The van der Waals surface area contributed by atoms with Crippen LogP contribution in [0.15, 0.2) is 113 Å². The molecule has 0 radical (unpaired) electrons. The first-order valence-electron chi connectivity index (χ1n) is 14.9. The summed E-state index contributed by atoms with van der Waals surface area (Å²) in [6, 6.07) is 30.2. The molecular formula is C36H35ClO5S2. The molecule has 0 aromatic heterocycles. The van der Waals surface area contributed by atoms with Crippen LogP contribution in [0.25, 0.3) is 0 Å². The van der Waals surface area contributed by atoms with Crippen LogP contribution < -0.4 is 0 Å². The Kier molecular flexibility index (Phi) is 8.33. The van der Waals surface area contributed by atoms with Crippen LogP contribution in [0.2, 0.25) is 5.02 Å². The third-order valence-electron chi connectivity index (χ3n) is 9.61. The maximum absolute atomic E-state index is 14.6. The Balaban J connectivity index is 1.50. The molecule has 0 bridgehead atoms. The predicted octanol–water partition coefficient (Wildman–Crippen LogP) is 7.51. The van der Waals surface area contributed by atoms with E-state index in [4.69, 9.17) is 11.6 Å². The minimum atomic E-state index is -3.96. The molecule has 4 unspecified atom stereocenters. The zero-order valence-electron chi connectivity index (χ0n) is 24.6. The van der Waals surface area contributed by atoms with Crippen LogP contribution in [0.5, 0.6) is 0 Å². The van der Waals surface area contributed by atoms with Crippen LogP contribution in [0.1, 0.15) is 53.4 Å². The molecule has 0 heterocycles. The van der Waals surface area contributed by atoms with Gasteiger partial charge in [0.1, 0.15) is 5.78 Å². The Morgan fingerprint density at radius 2 is 1.11 bits per heavy atom. The molecule has 44 heavy (non-hydrogen) atoms. The number of fused-ring (bicyclic) bond motifs is 1. The molecule has 4 aromatic carbocycles. The number of hydrogen-bond donors (Lipinski definition) is 0. The van der Waals surface area contributed by atoms with Gasteiger partial charge in [-0.1, -0.05) is 89.5 Å². The van der Waals surface area contributed by atoms with Crippen molar-refractivity contribution in [3.8, 4) is 0 Å². The quantitative estimate of drug-likeness (QED) is 0.216. The Bertz CT molecular complexity index is 1870. The zero-order valence-corrected chi connectivity index (χ0v) is 27.0. The number of rotatable bonds is 6. The number of halogens is 1. The SMILES string of the molecule is Cc1ccc(C2CC(=O)[C@@H]3CC(S(=O)(=O)c4ccc(C)cc4)C(c4ccccc4)C[C@@H]3C2S(=O)(=O)c2ccc(Cl)cc2)cc1. The highest BCUT2D eigenvalue weighted by molar-refractivity contribution is 7.92. The van der Waals surface area contributed by atoms with E-state index >= 15 is 0 Å². The molecule has 2 aliphatic carbocycles. The van der Waals surface area contributed by atoms with Crippen molar-refractivity contribution in [2.24, 2.45) is 11.8 Å². The van der Waals surface area contributed by atoms with Crippen molar-refractivity contribution < 1.29 is 21.6 Å². The molecule has 0 N–H and O–H groups in total. The molecule has 0 amide bonds. The number of hydrogen-bond acceptors (Lipinski definition) is 5. The first-order valence-corrected chi connectivity index (χ1v) is 18.4. The first-order chi connectivity index (χ1) is 21.0. The van der Waals surface area contributed by atoms with Gasteiger partial charge in [-0.2, -0.15) is 0 Å². The lowest BCUT2D eigenvalue weighted by molar-refractivity contribution is -0.128. The van der Waals surface area contributed by atoms with Crippen LogP contribution in [0.4, 0.5) is 0 Å². The first kappa shape index (κ1) is 30.8. The van der Waals surface area contributed by atoms with Crippen molar-refractivity contribution in [1.29, 1.82) is 0 Å². The van der Waals surface area contributed by atoms with E-state index < -0.39 is 53.8 Å². The lowest BCUT2D eigenvalue weighted by Gasteiger charge is -2.48. The molecule has 2 fully saturated rings. The maximum Gasteiger partial charge on any atom is 0.182 e. The van der Waals surface area contributed by atoms with E-state index in [1.54, 1.807) is 36.4 Å². The fourth-order valence-corrected chi connectivity index (χ4v) is 11.8. The summed E-state index contributed by atoms with van der Waals surface area (Å²) in [6.45, 7) is 3.87. The largest absolute Gasteiger partial charge is 0.299 e. The van der Waals surface area contributed by atoms with Crippen molar-refractivity contribution >= 4 is 37.1 Å². The van der Waals surface area contributed by atoms with Gasteiger partial charge in [-0.05, 0) is 80.1 Å². The van der Waals surface area contributed by atoms with Gasteiger partial charge in [0, 0.05) is 29.2 Å². The molecule has 4 aromatic rings. The van der Waals surface area contributed by atoms with Gasteiger partial charge in [0.2, 0.25) is 0 Å². The van der Waals surface area contributed by atoms with Gasteiger partial charge in [0.05, 0.1) is 20.3 Å². The third kappa shape index (κ3) is 5.66. The van der Waals surface area contributed by atoms with Gasteiger partial charge in [0.15, 0.2) is 19.7 Å². The average molecular weight is 647 g/mol. The van der Waals surface area contributed by atoms with Crippen LogP contribution >= 0.6 is 11.6 Å². The second kappa shape index (κ2) is 11.9. The van der Waals surface area contributed by atoms with Crippen molar-refractivity contribution in [3.05, 3.63) is 130 Å². The summed E-state index contributed by atoms with van der Waals surface area (Å²) in [7, 11) is -7.80. The van der Waals surface area contributed by atoms with E-state index in [1.165, 1.54) is 12.1 Å². The standard InChI is InChI=1S/C36H35ClO5S2/c1-23-8-12-26(13-9-23)31-21-34(38)32-22-35(43(39,40)28-16-10-24(2)11-17-28)30(25-6-4-3-5-7-25)20-33(32)36(31)44(41,42)29-18-14-27(37)15-19-29/h3-19,30-33,35-36H,20-22H2,1-2H3/t30?,31?,32-,33+,35?,36?/m1/s1. The summed E-state index contributed by atoms with van der Waals surface area (Å²) in [5.41, 5.74) is 3.62. The molecule has 8 heteroatoms. The Morgan fingerprint density at radius 1 is 0.591 bits per heavy atom. The minimum absolute atomic E-state index is 0.0367. The molecule has 6 atom stereocenters. The fraction of sp³-hybridized carbons (Fsp3) is 0.306. The highest BCUT2D eigenvalue weighted by Gasteiger charge is 2.56. The molecule has 6 rings (SSSR count). The number of ketones is 1. The number of carbonyl (C=O) groups excluding carboxylic acids is 1. The fourth-order valence-electron chi connectivity index (χ4n) is 7.36. The van der Waals surface area contributed by atoms with Crippen molar-refractivity contribution in [1.82, 2.24) is 0 Å². The Hall–Kier alpha value is -3.26. The summed E-state index contributed by atoms with van der Waals surface area (Å²) < 4.78 is 57.8. The van der Waals surface area contributed by atoms with Crippen LogP contribution in [-0.4, -0.2) is 33.1 Å². The van der Waals surface area contributed by atoms with Gasteiger partial charge in [-0.3, -0.25) is 4.79 Å². The van der Waals surface area contributed by atoms with Crippen molar-refractivity contribution in [2.75, 3.05) is 0 Å². The number of carbonyl (C=O) groups is 1. The lowest BCUT2D eigenvalue weighted by Crippen LogP contribution is -2.53. The van der Waals surface area contributed by atoms with Gasteiger partial charge in [-0.25, -0.2) is 16.8 Å². The third-order valence-corrected chi connectivity index (χ3v) is 14.4. The topological polar surface area (TPSA) is 85.3 Å². The van der Waals surface area contributed by atoms with E-state index in [2.05, 4.69) is 0 Å². The van der Waals surface area contributed by atoms with Crippen LogP contribution in [0.3, 0.4) is 0 Å². The van der Waals surface area contributed by atoms with Crippen LogP contribution in [-0.2, 0) is 24.5 Å². The number of benzene rings is 4. The van der Waals surface area contributed by atoms with Crippen molar-refractivity contribution in [2.45, 2.75) is 65.2 Å². The lowest BCUT2D eigenvalue weighted by atomic mass is 9.61. The molecule has 0 spiro atoms. The van der Waals surface area contributed by atoms with Gasteiger partial charge in [-0.15, -0.1) is 0 Å². The number of aryl methyl sites for hydroxylation is 2. The molecule has 5 nitrogen and oxygen atoms in total. The summed E-state index contributed by atoms with van der Waals surface area (Å²) in [5, 5.41) is -1.35. The summed E-state index contributed by atoms with van der Waals surface area (Å²) in [4.78, 5) is 14.4. The maximum atomic E-state index is 14.6. The number of Topliss-reactive ketones (excluding diaryl/α,β-unsaturated/α-hetero) is 1. The number of sulfone groups is 2. The summed E-state index contributed by atoms with van der Waals surface area (Å²) >= 11 is 6.13. The second-order valence-electron chi connectivity index (χ2n) is 12.3. The summed E-state index contributed by atoms with van der Waals surface area (Å²) in [6.07, 6.45) is 0.373. The predicted molar refractivity (Wildman–Crippen MR) is 174 cm³/mol.